The van der Waals surface area contributed by atoms with Gasteiger partial charge in [-0.2, -0.15) is 4.98 Å². The van der Waals surface area contributed by atoms with Crippen molar-refractivity contribution in [2.75, 3.05) is 25.6 Å². The summed E-state index contributed by atoms with van der Waals surface area (Å²) in [6.45, 7) is 2.90. The number of aromatic nitrogens is 2. The molecule has 0 aliphatic carbocycles. The molecule has 1 aromatic heterocycles. The number of hydrogen-bond acceptors (Lipinski definition) is 5. The SMILES string of the molecule is CCCN(C)c1n[c]nc(O)c1OC. The van der Waals surface area contributed by atoms with Gasteiger partial charge in [0.15, 0.2) is 5.82 Å². The smallest absolute Gasteiger partial charge is 0.260 e. The number of rotatable bonds is 4. The van der Waals surface area contributed by atoms with Gasteiger partial charge in [-0.1, -0.05) is 6.92 Å². The Bertz CT molecular complexity index is 304. The highest BCUT2D eigenvalue weighted by molar-refractivity contribution is 5.55. The maximum Gasteiger partial charge on any atom is 0.260 e. The van der Waals surface area contributed by atoms with E-state index in [1.165, 1.54) is 7.11 Å². The van der Waals surface area contributed by atoms with Crippen molar-refractivity contribution in [3.05, 3.63) is 6.33 Å². The molecule has 1 rings (SSSR count). The van der Waals surface area contributed by atoms with E-state index in [0.717, 1.165) is 13.0 Å². The number of hydrogen-bond donors (Lipinski definition) is 1. The van der Waals surface area contributed by atoms with Crippen molar-refractivity contribution in [2.24, 2.45) is 0 Å². The minimum atomic E-state index is -0.180. The van der Waals surface area contributed by atoms with Crippen molar-refractivity contribution in [1.29, 1.82) is 0 Å². The van der Waals surface area contributed by atoms with Crippen molar-refractivity contribution in [2.45, 2.75) is 13.3 Å². The molecule has 0 saturated carbocycles. The lowest BCUT2D eigenvalue weighted by atomic mass is 10.4. The van der Waals surface area contributed by atoms with Crippen molar-refractivity contribution >= 4 is 5.82 Å². The summed E-state index contributed by atoms with van der Waals surface area (Å²) in [5.41, 5.74) is 0. The van der Waals surface area contributed by atoms with E-state index < -0.39 is 0 Å². The number of nitrogens with zero attached hydrogens (tertiary/aromatic N) is 3. The summed E-state index contributed by atoms with van der Waals surface area (Å²) in [4.78, 5) is 9.34. The highest BCUT2D eigenvalue weighted by atomic mass is 16.5. The maximum absolute atomic E-state index is 9.37. The van der Waals surface area contributed by atoms with E-state index in [1.54, 1.807) is 0 Å². The first-order valence-corrected chi connectivity index (χ1v) is 4.42. The number of ether oxygens (including phenoxy) is 1. The quantitative estimate of drug-likeness (QED) is 0.773. The van der Waals surface area contributed by atoms with Crippen molar-refractivity contribution < 1.29 is 9.84 Å². The molecular formula is C9H14N3O2. The Morgan fingerprint density at radius 2 is 2.21 bits per heavy atom. The monoisotopic (exact) mass is 196 g/mol. The third-order valence-electron chi connectivity index (χ3n) is 1.84. The zero-order chi connectivity index (χ0) is 10.6. The fourth-order valence-electron chi connectivity index (χ4n) is 1.20. The summed E-state index contributed by atoms with van der Waals surface area (Å²) < 4.78 is 5.01. The van der Waals surface area contributed by atoms with Crippen LogP contribution in [0.15, 0.2) is 0 Å². The average molecular weight is 196 g/mol. The van der Waals surface area contributed by atoms with Gasteiger partial charge in [0.1, 0.15) is 0 Å². The Hall–Kier alpha value is -1.52. The summed E-state index contributed by atoms with van der Waals surface area (Å²) in [6.07, 6.45) is 3.36. The third kappa shape index (κ3) is 2.04. The molecular weight excluding hydrogens is 182 g/mol. The van der Waals surface area contributed by atoms with Gasteiger partial charge in [0.05, 0.1) is 7.11 Å². The Kier molecular flexibility index (Phi) is 3.50. The van der Waals surface area contributed by atoms with Crippen LogP contribution in [-0.4, -0.2) is 35.8 Å². The van der Waals surface area contributed by atoms with Crippen LogP contribution in [-0.2, 0) is 0 Å². The molecule has 1 radical (unpaired) electrons. The van der Waals surface area contributed by atoms with Gasteiger partial charge in [-0.25, -0.2) is 4.98 Å². The predicted molar refractivity (Wildman–Crippen MR) is 52.6 cm³/mol. The topological polar surface area (TPSA) is 58.5 Å². The molecule has 0 unspecified atom stereocenters. The normalized spacial score (nSPS) is 9.93. The first-order chi connectivity index (χ1) is 6.70. The molecule has 77 valence electrons. The molecule has 0 atom stereocenters. The molecule has 0 spiro atoms. The van der Waals surface area contributed by atoms with Gasteiger partial charge in [0, 0.05) is 13.6 Å². The van der Waals surface area contributed by atoms with Gasteiger partial charge < -0.3 is 14.7 Å². The van der Waals surface area contributed by atoms with E-state index in [-0.39, 0.29) is 5.88 Å². The fraction of sp³-hybridized carbons (Fsp3) is 0.556. The molecule has 14 heavy (non-hydrogen) atoms. The van der Waals surface area contributed by atoms with Crippen LogP contribution in [0, 0.1) is 6.33 Å². The first kappa shape index (κ1) is 10.6. The zero-order valence-electron chi connectivity index (χ0n) is 8.61. The molecule has 1 aromatic rings. The Morgan fingerprint density at radius 1 is 1.50 bits per heavy atom. The number of anilines is 1. The van der Waals surface area contributed by atoms with Crippen LogP contribution in [0.25, 0.3) is 0 Å². The van der Waals surface area contributed by atoms with Crippen LogP contribution in [0.1, 0.15) is 13.3 Å². The summed E-state index contributed by atoms with van der Waals surface area (Å²) in [5, 5.41) is 9.37. The summed E-state index contributed by atoms with van der Waals surface area (Å²) >= 11 is 0. The lowest BCUT2D eigenvalue weighted by molar-refractivity contribution is 0.360. The van der Waals surface area contributed by atoms with Crippen molar-refractivity contribution in [3.8, 4) is 11.6 Å². The minimum absolute atomic E-state index is 0.180. The van der Waals surface area contributed by atoms with Crippen molar-refractivity contribution in [1.82, 2.24) is 9.97 Å². The Labute approximate surface area is 83.4 Å². The van der Waals surface area contributed by atoms with Crippen LogP contribution in [0.4, 0.5) is 5.82 Å². The molecule has 0 saturated heterocycles. The maximum atomic E-state index is 9.37. The van der Waals surface area contributed by atoms with Gasteiger partial charge in [-0.15, -0.1) is 0 Å². The van der Waals surface area contributed by atoms with E-state index in [2.05, 4.69) is 23.2 Å². The summed E-state index contributed by atoms with van der Waals surface area (Å²) in [7, 11) is 3.35. The van der Waals surface area contributed by atoms with Gasteiger partial charge in [-0.3, -0.25) is 0 Å². The highest BCUT2D eigenvalue weighted by Gasteiger charge is 2.14. The molecule has 5 heteroatoms. The van der Waals surface area contributed by atoms with Crippen LogP contribution >= 0.6 is 0 Å². The van der Waals surface area contributed by atoms with E-state index in [9.17, 15) is 5.11 Å². The van der Waals surface area contributed by atoms with Crippen LogP contribution in [0.3, 0.4) is 0 Å². The average Bonchev–Trinajstić information content (AvgIpc) is 2.17. The minimum Gasteiger partial charge on any atom is -0.490 e. The van der Waals surface area contributed by atoms with E-state index in [4.69, 9.17) is 4.74 Å². The number of aromatic hydroxyl groups is 1. The van der Waals surface area contributed by atoms with Crippen molar-refractivity contribution in [3.63, 3.8) is 0 Å². The second-order valence-corrected chi connectivity index (χ2v) is 2.93. The molecule has 0 amide bonds. The van der Waals surface area contributed by atoms with E-state index >= 15 is 0 Å². The van der Waals surface area contributed by atoms with Gasteiger partial charge in [0.2, 0.25) is 12.1 Å². The van der Waals surface area contributed by atoms with Crippen LogP contribution in [0.2, 0.25) is 0 Å². The largest absolute Gasteiger partial charge is 0.490 e. The second kappa shape index (κ2) is 4.64. The molecule has 0 fully saturated rings. The Morgan fingerprint density at radius 3 is 2.79 bits per heavy atom. The standard InChI is InChI=1S/C9H14N3O2/c1-4-5-12(2)8-7(14-3)9(13)11-6-10-8/h4-5H2,1-3H3,(H,10,11,13). The molecule has 1 heterocycles. The zero-order valence-corrected chi connectivity index (χ0v) is 8.61. The molecule has 0 bridgehead atoms. The molecule has 0 aromatic carbocycles. The van der Waals surface area contributed by atoms with E-state index in [1.807, 2.05) is 11.9 Å². The summed E-state index contributed by atoms with van der Waals surface area (Å²) in [5.74, 6) is 0.669. The van der Waals surface area contributed by atoms with Crippen LogP contribution in [0.5, 0.6) is 11.6 Å². The second-order valence-electron chi connectivity index (χ2n) is 2.93. The third-order valence-corrected chi connectivity index (χ3v) is 1.84. The van der Waals surface area contributed by atoms with Crippen LogP contribution < -0.4 is 9.64 Å². The predicted octanol–water partition coefficient (Wildman–Crippen LogP) is 0.837. The molecule has 0 aliphatic heterocycles. The summed E-state index contributed by atoms with van der Waals surface area (Å²) in [6, 6.07) is 0. The lowest BCUT2D eigenvalue weighted by Gasteiger charge is -2.18. The highest BCUT2D eigenvalue weighted by Crippen LogP contribution is 2.31. The molecule has 5 nitrogen and oxygen atoms in total. The first-order valence-electron chi connectivity index (χ1n) is 4.42. The van der Waals surface area contributed by atoms with E-state index in [0.29, 0.717) is 11.6 Å². The Balaban J connectivity index is 3.00. The van der Waals surface area contributed by atoms with Gasteiger partial charge in [-0.05, 0) is 6.42 Å². The number of methoxy groups -OCH3 is 1. The molecule has 1 N–H and O–H groups in total. The van der Waals surface area contributed by atoms with Gasteiger partial charge in [0.25, 0.3) is 5.88 Å². The molecule has 0 aliphatic rings. The lowest BCUT2D eigenvalue weighted by Crippen LogP contribution is -2.20. The van der Waals surface area contributed by atoms with Gasteiger partial charge >= 0.3 is 0 Å². The fourth-order valence-corrected chi connectivity index (χ4v) is 1.20.